The largest absolute Gasteiger partial charge is 0.340 e. The van der Waals surface area contributed by atoms with E-state index in [1.807, 2.05) is 24.1 Å². The van der Waals surface area contributed by atoms with Gasteiger partial charge in [0.2, 0.25) is 5.91 Å². The van der Waals surface area contributed by atoms with E-state index in [-0.39, 0.29) is 31.3 Å². The van der Waals surface area contributed by atoms with Crippen LogP contribution in [-0.4, -0.2) is 40.0 Å². The molecule has 0 bridgehead atoms. The highest BCUT2D eigenvalue weighted by Gasteiger charge is 2.30. The SMILES string of the molecule is CN[C@@H](CC(C)C)C(=O)N1CCn2c(nc(-c3ccc(F)cc3)c2Nc2ccc(C)cc2)C1.S. The molecule has 2 N–H and O–H groups in total. The van der Waals surface area contributed by atoms with Crippen molar-refractivity contribution in [2.75, 3.05) is 18.9 Å². The van der Waals surface area contributed by atoms with Crippen LogP contribution < -0.4 is 10.6 Å². The van der Waals surface area contributed by atoms with Crippen LogP contribution in [0.15, 0.2) is 48.5 Å². The third-order valence-electron chi connectivity index (χ3n) is 6.07. The minimum atomic E-state index is -0.282. The fourth-order valence-electron chi connectivity index (χ4n) is 4.26. The van der Waals surface area contributed by atoms with E-state index >= 15 is 0 Å². The monoisotopic (exact) mass is 483 g/mol. The standard InChI is InChI=1S/C26H32FN5O.H2S/c1-17(2)15-22(28-4)26(33)31-13-14-32-23(16-31)30-24(19-7-9-20(27)10-8-19)25(32)29-21-11-5-18(3)6-12-21;/h5-12,17,22,28-29H,13-16H2,1-4H3;1H2/t22-;/m0./s1. The molecule has 182 valence electrons. The molecule has 0 spiro atoms. The Labute approximate surface area is 208 Å². The summed E-state index contributed by atoms with van der Waals surface area (Å²) in [5.74, 6) is 1.93. The molecule has 0 aliphatic carbocycles. The number of benzene rings is 2. The molecule has 34 heavy (non-hydrogen) atoms. The molecule has 2 heterocycles. The molecule has 0 unspecified atom stereocenters. The van der Waals surface area contributed by atoms with E-state index < -0.39 is 0 Å². The Morgan fingerprint density at radius 3 is 2.38 bits per heavy atom. The van der Waals surface area contributed by atoms with Crippen LogP contribution in [0.3, 0.4) is 0 Å². The first-order valence-corrected chi connectivity index (χ1v) is 11.5. The number of halogens is 1. The van der Waals surface area contributed by atoms with Crippen molar-refractivity contribution in [2.24, 2.45) is 5.92 Å². The summed E-state index contributed by atoms with van der Waals surface area (Å²) in [5.41, 5.74) is 3.73. The van der Waals surface area contributed by atoms with Gasteiger partial charge < -0.3 is 20.1 Å². The van der Waals surface area contributed by atoms with E-state index in [0.29, 0.717) is 25.6 Å². The van der Waals surface area contributed by atoms with Crippen LogP contribution in [0.1, 0.15) is 31.7 Å². The summed E-state index contributed by atoms with van der Waals surface area (Å²) in [4.78, 5) is 20.0. The Morgan fingerprint density at radius 1 is 1.09 bits per heavy atom. The van der Waals surface area contributed by atoms with E-state index in [1.54, 1.807) is 12.1 Å². The lowest BCUT2D eigenvalue weighted by Crippen LogP contribution is -2.48. The number of aromatic nitrogens is 2. The minimum absolute atomic E-state index is 0. The number of aryl methyl sites for hydroxylation is 1. The highest BCUT2D eigenvalue weighted by atomic mass is 32.1. The Bertz CT molecular complexity index is 1110. The lowest BCUT2D eigenvalue weighted by Gasteiger charge is -2.32. The third kappa shape index (κ3) is 5.62. The van der Waals surface area contributed by atoms with Crippen LogP contribution in [0.5, 0.6) is 0 Å². The number of imidazole rings is 1. The van der Waals surface area contributed by atoms with Gasteiger partial charge in [0.15, 0.2) is 0 Å². The predicted molar refractivity (Wildman–Crippen MR) is 140 cm³/mol. The van der Waals surface area contributed by atoms with Crippen molar-refractivity contribution < 1.29 is 9.18 Å². The van der Waals surface area contributed by atoms with Crippen molar-refractivity contribution in [3.05, 3.63) is 65.7 Å². The number of anilines is 2. The molecule has 4 rings (SSSR count). The number of carbonyl (C=O) groups is 1. The maximum atomic E-state index is 13.6. The first kappa shape index (κ1) is 25.8. The number of nitrogens with one attached hydrogen (secondary N) is 2. The summed E-state index contributed by atoms with van der Waals surface area (Å²) in [6.45, 7) is 8.00. The topological polar surface area (TPSA) is 62.2 Å². The second kappa shape index (κ2) is 11.1. The summed E-state index contributed by atoms with van der Waals surface area (Å²) < 4.78 is 15.7. The van der Waals surface area contributed by atoms with Gasteiger partial charge >= 0.3 is 0 Å². The van der Waals surface area contributed by atoms with Crippen LogP contribution in [0.4, 0.5) is 15.9 Å². The number of hydrogen-bond acceptors (Lipinski definition) is 4. The molecule has 0 saturated heterocycles. The number of fused-ring (bicyclic) bond motifs is 1. The molecule has 1 atom stereocenters. The van der Waals surface area contributed by atoms with Gasteiger partial charge in [-0.05, 0) is 62.7 Å². The van der Waals surface area contributed by atoms with Crippen molar-refractivity contribution in [2.45, 2.75) is 46.3 Å². The summed E-state index contributed by atoms with van der Waals surface area (Å²) >= 11 is 0. The van der Waals surface area contributed by atoms with Gasteiger partial charge in [0, 0.05) is 24.3 Å². The molecule has 0 fully saturated rings. The molecule has 1 aromatic heterocycles. The van der Waals surface area contributed by atoms with Crippen LogP contribution in [0.25, 0.3) is 11.3 Å². The van der Waals surface area contributed by atoms with Gasteiger partial charge in [-0.1, -0.05) is 31.5 Å². The van der Waals surface area contributed by atoms with Crippen molar-refractivity contribution in [3.8, 4) is 11.3 Å². The zero-order chi connectivity index (χ0) is 23.5. The molecule has 3 aromatic rings. The fraction of sp³-hybridized carbons (Fsp3) is 0.385. The average Bonchev–Trinajstić information content (AvgIpc) is 3.16. The lowest BCUT2D eigenvalue weighted by molar-refractivity contribution is -0.135. The van der Waals surface area contributed by atoms with Crippen LogP contribution in [-0.2, 0) is 17.9 Å². The Morgan fingerprint density at radius 2 is 1.76 bits per heavy atom. The van der Waals surface area contributed by atoms with E-state index in [2.05, 4.69) is 48.1 Å². The molecule has 1 amide bonds. The first-order valence-electron chi connectivity index (χ1n) is 11.5. The van der Waals surface area contributed by atoms with Gasteiger partial charge in [0.1, 0.15) is 23.2 Å². The molecule has 0 radical (unpaired) electrons. The molecule has 6 nitrogen and oxygen atoms in total. The minimum Gasteiger partial charge on any atom is -0.340 e. The zero-order valence-electron chi connectivity index (χ0n) is 20.2. The molecular weight excluding hydrogens is 449 g/mol. The summed E-state index contributed by atoms with van der Waals surface area (Å²) in [7, 11) is 1.84. The second-order valence-corrected chi connectivity index (χ2v) is 9.11. The Hall–Kier alpha value is -2.84. The van der Waals surface area contributed by atoms with Gasteiger partial charge in [0.05, 0.1) is 12.6 Å². The van der Waals surface area contributed by atoms with Crippen molar-refractivity contribution in [3.63, 3.8) is 0 Å². The summed E-state index contributed by atoms with van der Waals surface area (Å²) in [6, 6.07) is 14.4. The highest BCUT2D eigenvalue weighted by molar-refractivity contribution is 7.59. The first-order chi connectivity index (χ1) is 15.9. The smallest absolute Gasteiger partial charge is 0.240 e. The normalized spacial score (nSPS) is 13.9. The number of likely N-dealkylation sites (N-methyl/N-ethyl adjacent to an activating group) is 1. The number of nitrogens with zero attached hydrogens (tertiary/aromatic N) is 3. The second-order valence-electron chi connectivity index (χ2n) is 9.11. The maximum absolute atomic E-state index is 13.6. The van der Waals surface area contributed by atoms with Gasteiger partial charge in [-0.15, -0.1) is 0 Å². The quantitative estimate of drug-likeness (QED) is 0.505. The predicted octanol–water partition coefficient (Wildman–Crippen LogP) is 4.83. The van der Waals surface area contributed by atoms with Crippen LogP contribution in [0.2, 0.25) is 0 Å². The van der Waals surface area contributed by atoms with Crippen LogP contribution in [0, 0.1) is 18.7 Å². The molecule has 8 heteroatoms. The van der Waals surface area contributed by atoms with E-state index in [4.69, 9.17) is 4.98 Å². The molecule has 2 aromatic carbocycles. The van der Waals surface area contributed by atoms with Gasteiger partial charge in [-0.3, -0.25) is 4.79 Å². The van der Waals surface area contributed by atoms with Gasteiger partial charge in [0.25, 0.3) is 0 Å². The highest BCUT2D eigenvalue weighted by Crippen LogP contribution is 2.33. The Kier molecular flexibility index (Phi) is 8.38. The van der Waals surface area contributed by atoms with Crippen LogP contribution >= 0.6 is 13.5 Å². The lowest BCUT2D eigenvalue weighted by atomic mass is 10.0. The number of amides is 1. The van der Waals surface area contributed by atoms with Crippen molar-refractivity contribution >= 4 is 30.9 Å². The number of hydrogen-bond donors (Lipinski definition) is 2. The van der Waals surface area contributed by atoms with Crippen molar-refractivity contribution in [1.29, 1.82) is 0 Å². The fourth-order valence-corrected chi connectivity index (χ4v) is 4.26. The molecular formula is C26H34FN5OS. The maximum Gasteiger partial charge on any atom is 0.240 e. The van der Waals surface area contributed by atoms with E-state index in [0.717, 1.165) is 35.0 Å². The molecule has 1 aliphatic rings. The summed E-state index contributed by atoms with van der Waals surface area (Å²) in [6.07, 6.45) is 0.793. The third-order valence-corrected chi connectivity index (χ3v) is 6.07. The molecule has 0 saturated carbocycles. The number of carbonyl (C=O) groups excluding carboxylic acids is 1. The average molecular weight is 484 g/mol. The summed E-state index contributed by atoms with van der Waals surface area (Å²) in [5, 5.41) is 6.69. The van der Waals surface area contributed by atoms with Gasteiger partial charge in [-0.25, -0.2) is 9.37 Å². The molecule has 1 aliphatic heterocycles. The van der Waals surface area contributed by atoms with E-state index in [9.17, 15) is 9.18 Å². The van der Waals surface area contributed by atoms with Crippen molar-refractivity contribution in [1.82, 2.24) is 19.8 Å². The Balaban J connectivity index is 0.00000324. The van der Waals surface area contributed by atoms with E-state index in [1.165, 1.54) is 17.7 Å². The number of rotatable bonds is 7. The zero-order valence-corrected chi connectivity index (χ0v) is 21.2. The van der Waals surface area contributed by atoms with Gasteiger partial charge in [-0.2, -0.15) is 13.5 Å².